The van der Waals surface area contributed by atoms with Gasteiger partial charge in [-0.1, -0.05) is 30.3 Å². The fourth-order valence-corrected chi connectivity index (χ4v) is 2.43. The third-order valence-electron chi connectivity index (χ3n) is 3.85. The summed E-state index contributed by atoms with van der Waals surface area (Å²) in [6, 6.07) is 19.4. The lowest BCUT2D eigenvalue weighted by Gasteiger charge is -2.14. The third-order valence-corrected chi connectivity index (χ3v) is 3.85. The van der Waals surface area contributed by atoms with E-state index >= 15 is 0 Å². The van der Waals surface area contributed by atoms with Gasteiger partial charge in [-0.2, -0.15) is 0 Å². The van der Waals surface area contributed by atoms with E-state index in [0.717, 1.165) is 0 Å². The molecular weight excluding hydrogens is 330 g/mol. The van der Waals surface area contributed by atoms with Crippen LogP contribution < -0.4 is 10.1 Å². The standard InChI is InChI=1S/C21H19NO4/c1-15(21(24)22-14-19-8-5-13-25-19)26-18-11-9-17(10-12-18)20(23)16-6-3-2-4-7-16/h2-13,15H,14H2,1H3,(H,22,24)/t15-/m0/s1. The Morgan fingerprint density at radius 1 is 0.962 bits per heavy atom. The predicted octanol–water partition coefficient (Wildman–Crippen LogP) is 3.59. The van der Waals surface area contributed by atoms with Crippen molar-refractivity contribution >= 4 is 11.7 Å². The van der Waals surface area contributed by atoms with Crippen molar-refractivity contribution in [1.29, 1.82) is 0 Å². The fraction of sp³-hybridized carbons (Fsp3) is 0.143. The molecule has 5 heteroatoms. The van der Waals surface area contributed by atoms with Gasteiger partial charge in [-0.3, -0.25) is 9.59 Å². The zero-order valence-electron chi connectivity index (χ0n) is 14.3. The van der Waals surface area contributed by atoms with Crippen molar-refractivity contribution in [3.63, 3.8) is 0 Å². The van der Waals surface area contributed by atoms with Crippen LogP contribution in [-0.4, -0.2) is 17.8 Å². The highest BCUT2D eigenvalue weighted by Crippen LogP contribution is 2.17. The summed E-state index contributed by atoms with van der Waals surface area (Å²) >= 11 is 0. The highest BCUT2D eigenvalue weighted by molar-refractivity contribution is 6.08. The Balaban J connectivity index is 1.56. The van der Waals surface area contributed by atoms with E-state index in [9.17, 15) is 9.59 Å². The second-order valence-corrected chi connectivity index (χ2v) is 5.78. The highest BCUT2D eigenvalue weighted by Gasteiger charge is 2.15. The second kappa shape index (κ2) is 8.16. The summed E-state index contributed by atoms with van der Waals surface area (Å²) in [5.74, 6) is 0.900. The van der Waals surface area contributed by atoms with E-state index in [1.165, 1.54) is 0 Å². The first kappa shape index (κ1) is 17.5. The van der Waals surface area contributed by atoms with Crippen molar-refractivity contribution in [1.82, 2.24) is 5.32 Å². The molecule has 3 rings (SSSR count). The minimum Gasteiger partial charge on any atom is -0.481 e. The predicted molar refractivity (Wildman–Crippen MR) is 97.0 cm³/mol. The van der Waals surface area contributed by atoms with E-state index in [0.29, 0.717) is 29.2 Å². The monoisotopic (exact) mass is 349 g/mol. The van der Waals surface area contributed by atoms with Gasteiger partial charge in [0.15, 0.2) is 11.9 Å². The normalized spacial score (nSPS) is 11.6. The summed E-state index contributed by atoms with van der Waals surface area (Å²) in [5, 5.41) is 2.74. The van der Waals surface area contributed by atoms with Gasteiger partial charge in [-0.25, -0.2) is 0 Å². The summed E-state index contributed by atoms with van der Waals surface area (Å²) in [7, 11) is 0. The van der Waals surface area contributed by atoms with E-state index in [4.69, 9.17) is 9.15 Å². The molecule has 0 aliphatic heterocycles. The molecule has 0 bridgehead atoms. The zero-order chi connectivity index (χ0) is 18.4. The number of amides is 1. The van der Waals surface area contributed by atoms with Crippen LogP contribution in [0.25, 0.3) is 0 Å². The Hall–Kier alpha value is -3.34. The van der Waals surface area contributed by atoms with Crippen LogP contribution >= 0.6 is 0 Å². The number of hydrogen-bond acceptors (Lipinski definition) is 4. The van der Waals surface area contributed by atoms with Gasteiger partial charge < -0.3 is 14.5 Å². The van der Waals surface area contributed by atoms with Crippen LogP contribution in [0.15, 0.2) is 77.4 Å². The largest absolute Gasteiger partial charge is 0.481 e. The molecule has 1 amide bonds. The van der Waals surface area contributed by atoms with Crippen molar-refractivity contribution < 1.29 is 18.7 Å². The Labute approximate surface area is 151 Å². The fourth-order valence-electron chi connectivity index (χ4n) is 2.43. The summed E-state index contributed by atoms with van der Waals surface area (Å²) < 4.78 is 10.8. The van der Waals surface area contributed by atoms with E-state index < -0.39 is 6.10 Å². The maximum absolute atomic E-state index is 12.4. The number of nitrogens with one attached hydrogen (secondary N) is 1. The number of carbonyl (C=O) groups is 2. The first-order valence-electron chi connectivity index (χ1n) is 8.30. The first-order chi connectivity index (χ1) is 12.6. The molecule has 3 aromatic rings. The van der Waals surface area contributed by atoms with Crippen LogP contribution in [0.1, 0.15) is 28.6 Å². The molecule has 0 aliphatic rings. The Morgan fingerprint density at radius 3 is 2.31 bits per heavy atom. The van der Waals surface area contributed by atoms with Gasteiger partial charge >= 0.3 is 0 Å². The number of ether oxygens (including phenoxy) is 1. The summed E-state index contributed by atoms with van der Waals surface area (Å²) in [4.78, 5) is 24.4. The van der Waals surface area contributed by atoms with Gasteiger partial charge in [0.1, 0.15) is 11.5 Å². The van der Waals surface area contributed by atoms with E-state index in [2.05, 4.69) is 5.32 Å². The van der Waals surface area contributed by atoms with Crippen LogP contribution in [0.4, 0.5) is 0 Å². The molecule has 0 saturated heterocycles. The number of ketones is 1. The lowest BCUT2D eigenvalue weighted by atomic mass is 10.0. The molecule has 1 heterocycles. The maximum Gasteiger partial charge on any atom is 0.261 e. The average molecular weight is 349 g/mol. The van der Waals surface area contributed by atoms with Crippen LogP contribution in [-0.2, 0) is 11.3 Å². The van der Waals surface area contributed by atoms with Crippen LogP contribution in [0.5, 0.6) is 5.75 Å². The van der Waals surface area contributed by atoms with Crippen LogP contribution in [0.3, 0.4) is 0 Å². The molecule has 0 aliphatic carbocycles. The molecule has 0 unspecified atom stereocenters. The number of benzene rings is 2. The van der Waals surface area contributed by atoms with Crippen molar-refractivity contribution in [2.75, 3.05) is 0 Å². The Bertz CT molecular complexity index is 855. The van der Waals surface area contributed by atoms with Crippen molar-refractivity contribution in [2.45, 2.75) is 19.6 Å². The lowest BCUT2D eigenvalue weighted by molar-refractivity contribution is -0.127. The van der Waals surface area contributed by atoms with Crippen molar-refractivity contribution in [3.05, 3.63) is 89.9 Å². The van der Waals surface area contributed by atoms with Gasteiger partial charge in [-0.05, 0) is 43.3 Å². The molecule has 0 saturated carbocycles. The topological polar surface area (TPSA) is 68.5 Å². The highest BCUT2D eigenvalue weighted by atomic mass is 16.5. The van der Waals surface area contributed by atoms with Gasteiger partial charge in [0.2, 0.25) is 0 Å². The molecule has 0 spiro atoms. The SMILES string of the molecule is C[C@H](Oc1ccc(C(=O)c2ccccc2)cc1)C(=O)NCc1ccco1. The summed E-state index contributed by atoms with van der Waals surface area (Å²) in [5.41, 5.74) is 1.20. The zero-order valence-corrected chi connectivity index (χ0v) is 14.3. The molecule has 1 N–H and O–H groups in total. The number of hydrogen-bond donors (Lipinski definition) is 1. The number of rotatable bonds is 7. The average Bonchev–Trinajstić information content (AvgIpc) is 3.20. The Morgan fingerprint density at radius 2 is 1.65 bits per heavy atom. The first-order valence-corrected chi connectivity index (χ1v) is 8.30. The molecular formula is C21H19NO4. The molecule has 0 radical (unpaired) electrons. The molecule has 26 heavy (non-hydrogen) atoms. The Kier molecular flexibility index (Phi) is 5.49. The number of furan rings is 1. The molecule has 1 atom stereocenters. The maximum atomic E-state index is 12.4. The van der Waals surface area contributed by atoms with Crippen LogP contribution in [0.2, 0.25) is 0 Å². The van der Waals surface area contributed by atoms with Gasteiger partial charge in [0.05, 0.1) is 12.8 Å². The second-order valence-electron chi connectivity index (χ2n) is 5.78. The van der Waals surface area contributed by atoms with E-state index in [1.54, 1.807) is 61.7 Å². The molecule has 0 fully saturated rings. The molecule has 1 aromatic heterocycles. The smallest absolute Gasteiger partial charge is 0.261 e. The summed E-state index contributed by atoms with van der Waals surface area (Å²) in [6.45, 7) is 1.98. The van der Waals surface area contributed by atoms with E-state index in [-0.39, 0.29) is 11.7 Å². The quantitative estimate of drug-likeness (QED) is 0.662. The minimum atomic E-state index is -0.666. The molecule has 132 valence electrons. The van der Waals surface area contributed by atoms with E-state index in [1.807, 2.05) is 18.2 Å². The molecule has 5 nitrogen and oxygen atoms in total. The number of carbonyl (C=O) groups excluding carboxylic acids is 2. The van der Waals surface area contributed by atoms with Crippen molar-refractivity contribution in [2.24, 2.45) is 0 Å². The minimum absolute atomic E-state index is 0.0543. The molecule has 2 aromatic carbocycles. The van der Waals surface area contributed by atoms with Crippen LogP contribution in [0, 0.1) is 0 Å². The van der Waals surface area contributed by atoms with Gasteiger partial charge in [0, 0.05) is 11.1 Å². The van der Waals surface area contributed by atoms with Gasteiger partial charge in [-0.15, -0.1) is 0 Å². The third kappa shape index (κ3) is 4.39. The van der Waals surface area contributed by atoms with Gasteiger partial charge in [0.25, 0.3) is 5.91 Å². The summed E-state index contributed by atoms with van der Waals surface area (Å²) in [6.07, 6.45) is 0.889. The van der Waals surface area contributed by atoms with Crippen molar-refractivity contribution in [3.8, 4) is 5.75 Å². The lowest BCUT2D eigenvalue weighted by Crippen LogP contribution is -2.35.